The van der Waals surface area contributed by atoms with Gasteiger partial charge in [-0.3, -0.25) is 19.3 Å². The molecule has 1 aromatic rings. The Morgan fingerprint density at radius 3 is 2.31 bits per heavy atom. The molecule has 3 aliphatic carbocycles. The standard InChI is InChI=1S/C22H22N2O8/c1-21(30)9-5-4-6-11(25)12(9)17(26)15-10(21)7-8-14(22(15,31)32)18(27)13(20(23)29)19(28)16(8)24(2)3/h4-6,16,25,27,30-32H,7H2,1-3H3,(H2,23,29). The number of fused-ring (bicyclic) bond motifs is 1. The molecule has 1 aromatic carbocycles. The van der Waals surface area contributed by atoms with Crippen LogP contribution in [0.5, 0.6) is 5.75 Å². The normalized spacial score (nSPS) is 26.9. The third-order valence-electron chi connectivity index (χ3n) is 6.36. The number of ketones is 2. The highest BCUT2D eigenvalue weighted by Crippen LogP contribution is 2.53. The minimum atomic E-state index is -3.19. The molecule has 2 unspecified atom stereocenters. The molecular weight excluding hydrogens is 420 g/mol. The Morgan fingerprint density at radius 2 is 1.75 bits per heavy atom. The van der Waals surface area contributed by atoms with Crippen LogP contribution >= 0.6 is 0 Å². The second-order valence-corrected chi connectivity index (χ2v) is 8.52. The monoisotopic (exact) mass is 442 g/mol. The maximum atomic E-state index is 13.3. The summed E-state index contributed by atoms with van der Waals surface area (Å²) < 4.78 is 0. The number of amides is 1. The van der Waals surface area contributed by atoms with Gasteiger partial charge < -0.3 is 31.3 Å². The van der Waals surface area contributed by atoms with Crippen molar-refractivity contribution in [3.05, 3.63) is 63.0 Å². The predicted molar refractivity (Wildman–Crippen MR) is 109 cm³/mol. The number of nitrogens with two attached hydrogens (primary N) is 1. The Morgan fingerprint density at radius 1 is 1.12 bits per heavy atom. The lowest BCUT2D eigenvalue weighted by atomic mass is 9.63. The first-order valence-corrected chi connectivity index (χ1v) is 9.70. The van der Waals surface area contributed by atoms with Gasteiger partial charge >= 0.3 is 0 Å². The number of phenolic OH excluding ortho intramolecular Hbond substituents is 1. The minimum Gasteiger partial charge on any atom is -0.507 e. The lowest BCUT2D eigenvalue weighted by Gasteiger charge is -2.46. The maximum Gasteiger partial charge on any atom is 0.256 e. The molecule has 3 aliphatic rings. The Hall–Kier alpha value is -3.31. The molecule has 0 saturated carbocycles. The fourth-order valence-electron chi connectivity index (χ4n) is 4.98. The van der Waals surface area contributed by atoms with E-state index in [1.165, 1.54) is 44.1 Å². The van der Waals surface area contributed by atoms with Gasteiger partial charge in [0, 0.05) is 5.56 Å². The van der Waals surface area contributed by atoms with Gasteiger partial charge in [-0.25, -0.2) is 0 Å². The highest BCUT2D eigenvalue weighted by atomic mass is 16.5. The van der Waals surface area contributed by atoms with Crippen molar-refractivity contribution < 1.29 is 39.9 Å². The first-order chi connectivity index (χ1) is 14.7. The third-order valence-corrected chi connectivity index (χ3v) is 6.36. The van der Waals surface area contributed by atoms with Crippen molar-refractivity contribution >= 4 is 17.5 Å². The van der Waals surface area contributed by atoms with Gasteiger partial charge in [0.15, 0.2) is 11.6 Å². The van der Waals surface area contributed by atoms with Gasteiger partial charge in [-0.2, -0.15) is 0 Å². The molecule has 0 fully saturated rings. The molecule has 168 valence electrons. The van der Waals surface area contributed by atoms with Crippen LogP contribution in [0.4, 0.5) is 0 Å². The number of carbonyl (C=O) groups excluding carboxylic acids is 3. The lowest BCUT2D eigenvalue weighted by Crippen LogP contribution is -2.53. The number of carbonyl (C=O) groups is 3. The van der Waals surface area contributed by atoms with E-state index in [4.69, 9.17) is 5.73 Å². The van der Waals surface area contributed by atoms with Gasteiger partial charge in [0.25, 0.3) is 5.91 Å². The van der Waals surface area contributed by atoms with Crippen LogP contribution in [0.15, 0.2) is 51.8 Å². The molecule has 7 N–H and O–H groups in total. The summed E-state index contributed by atoms with van der Waals surface area (Å²) in [5.74, 6) is -7.79. The zero-order chi connectivity index (χ0) is 23.9. The number of hydrogen-bond donors (Lipinski definition) is 6. The van der Waals surface area contributed by atoms with Crippen molar-refractivity contribution in [2.45, 2.75) is 30.8 Å². The summed E-state index contributed by atoms with van der Waals surface area (Å²) in [7, 11) is 3.01. The van der Waals surface area contributed by atoms with Crippen LogP contribution in [0.25, 0.3) is 0 Å². The number of nitrogens with zero attached hydrogens (tertiary/aromatic N) is 1. The molecule has 4 rings (SSSR count). The van der Waals surface area contributed by atoms with E-state index in [-0.39, 0.29) is 28.7 Å². The number of benzene rings is 1. The smallest absolute Gasteiger partial charge is 0.256 e. The Bertz CT molecular complexity index is 1220. The van der Waals surface area contributed by atoms with Gasteiger partial charge in [-0.05, 0) is 44.7 Å². The van der Waals surface area contributed by atoms with Crippen molar-refractivity contribution in [1.82, 2.24) is 4.90 Å². The van der Waals surface area contributed by atoms with Crippen molar-refractivity contribution in [3.63, 3.8) is 0 Å². The van der Waals surface area contributed by atoms with E-state index in [9.17, 15) is 39.9 Å². The number of likely N-dealkylation sites (N-methyl/N-ethyl adjacent to an activating group) is 1. The molecule has 10 nitrogen and oxygen atoms in total. The van der Waals surface area contributed by atoms with Crippen molar-refractivity contribution in [2.24, 2.45) is 5.73 Å². The van der Waals surface area contributed by atoms with Crippen LogP contribution in [-0.4, -0.2) is 73.8 Å². The van der Waals surface area contributed by atoms with Gasteiger partial charge in [0.05, 0.1) is 22.8 Å². The predicted octanol–water partition coefficient (Wildman–Crippen LogP) is -0.716. The number of aromatic hydroxyl groups is 1. The zero-order valence-electron chi connectivity index (χ0n) is 17.5. The molecule has 1 amide bonds. The molecule has 10 heteroatoms. The van der Waals surface area contributed by atoms with E-state index in [1.807, 2.05) is 0 Å². The van der Waals surface area contributed by atoms with E-state index in [0.717, 1.165) is 0 Å². The topological polar surface area (TPSA) is 182 Å². The molecule has 0 aliphatic heterocycles. The van der Waals surface area contributed by atoms with E-state index in [2.05, 4.69) is 0 Å². The first-order valence-electron chi connectivity index (χ1n) is 9.70. The lowest BCUT2D eigenvalue weighted by molar-refractivity contribution is -0.124. The Labute approximate surface area is 182 Å². The number of rotatable bonds is 2. The summed E-state index contributed by atoms with van der Waals surface area (Å²) in [6.07, 6.45) is -0.286. The molecule has 0 spiro atoms. The van der Waals surface area contributed by atoms with Gasteiger partial charge in [0.2, 0.25) is 5.79 Å². The molecule has 0 bridgehead atoms. The fourth-order valence-corrected chi connectivity index (χ4v) is 4.98. The summed E-state index contributed by atoms with van der Waals surface area (Å²) in [5.41, 5.74) is 0.886. The van der Waals surface area contributed by atoms with Crippen molar-refractivity contribution in [3.8, 4) is 5.75 Å². The fraction of sp³-hybridized carbons (Fsp3) is 0.318. The number of hydrogen-bond acceptors (Lipinski definition) is 9. The highest BCUT2D eigenvalue weighted by molar-refractivity contribution is 6.24. The average molecular weight is 442 g/mol. The molecule has 0 saturated heterocycles. The molecule has 2 atom stereocenters. The molecule has 32 heavy (non-hydrogen) atoms. The Balaban J connectivity index is 2.06. The number of Topliss-reactive ketones (excluding diaryl/α,β-unsaturated/α-hetero) is 2. The maximum absolute atomic E-state index is 13.3. The SMILES string of the molecule is CN(C)C1C(=O)C(C(N)=O)=C(O)C2=C1CC1=C(C(=O)c3c(O)cccc3C1(C)O)C2(O)O. The van der Waals surface area contributed by atoms with Gasteiger partial charge in [-0.15, -0.1) is 0 Å². The van der Waals surface area contributed by atoms with Crippen LogP contribution in [0, 0.1) is 0 Å². The van der Waals surface area contributed by atoms with E-state index < -0.39 is 63.1 Å². The van der Waals surface area contributed by atoms with Crippen LogP contribution in [0.3, 0.4) is 0 Å². The molecule has 0 radical (unpaired) electrons. The van der Waals surface area contributed by atoms with Crippen LogP contribution < -0.4 is 5.73 Å². The van der Waals surface area contributed by atoms with Gasteiger partial charge in [-0.1, -0.05) is 12.1 Å². The number of aliphatic hydroxyl groups is 4. The minimum absolute atomic E-state index is 0.00271. The summed E-state index contributed by atoms with van der Waals surface area (Å²) in [6, 6.07) is 2.86. The third kappa shape index (κ3) is 2.58. The summed E-state index contributed by atoms with van der Waals surface area (Å²) in [5, 5.41) is 54.7. The quantitative estimate of drug-likeness (QED) is 0.254. The van der Waals surface area contributed by atoms with Crippen LogP contribution in [0.2, 0.25) is 0 Å². The zero-order valence-corrected chi connectivity index (χ0v) is 17.5. The van der Waals surface area contributed by atoms with E-state index >= 15 is 0 Å². The second-order valence-electron chi connectivity index (χ2n) is 8.52. The van der Waals surface area contributed by atoms with Crippen LogP contribution in [0.1, 0.15) is 29.3 Å². The summed E-state index contributed by atoms with van der Waals surface area (Å²) in [6.45, 7) is 1.33. The van der Waals surface area contributed by atoms with E-state index in [0.29, 0.717) is 0 Å². The molecule has 0 aromatic heterocycles. The first kappa shape index (κ1) is 21.9. The van der Waals surface area contributed by atoms with E-state index in [1.54, 1.807) is 0 Å². The van der Waals surface area contributed by atoms with Crippen LogP contribution in [-0.2, 0) is 15.2 Å². The number of primary amides is 1. The molecule has 0 heterocycles. The highest BCUT2D eigenvalue weighted by Gasteiger charge is 2.57. The Kier molecular flexibility index (Phi) is 4.51. The average Bonchev–Trinajstić information content (AvgIpc) is 2.64. The molecular formula is C22H22N2O8. The summed E-state index contributed by atoms with van der Waals surface area (Å²) in [4.78, 5) is 39.6. The van der Waals surface area contributed by atoms with Crippen molar-refractivity contribution in [1.29, 1.82) is 0 Å². The largest absolute Gasteiger partial charge is 0.507 e. The number of phenols is 1. The number of aliphatic hydroxyl groups excluding tert-OH is 1. The van der Waals surface area contributed by atoms with Crippen molar-refractivity contribution in [2.75, 3.05) is 14.1 Å². The second kappa shape index (κ2) is 6.59. The summed E-state index contributed by atoms with van der Waals surface area (Å²) >= 11 is 0. The van der Waals surface area contributed by atoms with Gasteiger partial charge in [0.1, 0.15) is 22.7 Å².